The van der Waals surface area contributed by atoms with Gasteiger partial charge in [-0.3, -0.25) is 9.59 Å². The van der Waals surface area contributed by atoms with Crippen LogP contribution in [-0.2, 0) is 22.1 Å². The van der Waals surface area contributed by atoms with Crippen LogP contribution in [-0.4, -0.2) is 43.0 Å². The Hall–Kier alpha value is -3.17. The number of anilines is 1. The van der Waals surface area contributed by atoms with Crippen LogP contribution in [0.2, 0.25) is 0 Å². The third-order valence-corrected chi connectivity index (χ3v) is 6.82. The van der Waals surface area contributed by atoms with Crippen LogP contribution >= 0.6 is 11.3 Å². The SMILES string of the molecule is Cc1c(-c2ccccc2)sc(NC(=O)Cc2cccc(C(F)(F)F)c2)c1C(=O)N1CCOCC1. The number of carbonyl (C=O) groups is 2. The molecule has 2 aromatic carbocycles. The third-order valence-electron chi connectivity index (χ3n) is 5.57. The summed E-state index contributed by atoms with van der Waals surface area (Å²) in [5.41, 5.74) is 1.51. The number of ether oxygens (including phenoxy) is 1. The fraction of sp³-hybridized carbons (Fsp3) is 0.280. The standard InChI is InChI=1S/C25H23F3N2O3S/c1-16-21(24(32)30-10-12-33-13-11-30)23(34-22(16)18-7-3-2-4-8-18)29-20(31)15-17-6-5-9-19(14-17)25(26,27)28/h2-9,14H,10-13,15H2,1H3,(H,29,31). The molecule has 2 heterocycles. The molecule has 1 aliphatic heterocycles. The second-order valence-corrected chi connectivity index (χ2v) is 8.97. The first-order valence-corrected chi connectivity index (χ1v) is 11.6. The average Bonchev–Trinajstić information content (AvgIpc) is 3.14. The number of morpholine rings is 1. The molecule has 1 N–H and O–H groups in total. The second-order valence-electron chi connectivity index (χ2n) is 7.95. The number of alkyl halides is 3. The Bertz CT molecular complexity index is 1190. The predicted molar refractivity (Wildman–Crippen MR) is 125 cm³/mol. The molecule has 5 nitrogen and oxygen atoms in total. The number of amides is 2. The number of benzene rings is 2. The zero-order valence-corrected chi connectivity index (χ0v) is 19.3. The normalized spacial score (nSPS) is 14.2. The van der Waals surface area contributed by atoms with E-state index in [0.29, 0.717) is 36.9 Å². The third kappa shape index (κ3) is 5.31. The van der Waals surface area contributed by atoms with Crippen molar-refractivity contribution in [1.82, 2.24) is 4.90 Å². The molecule has 1 saturated heterocycles. The molecule has 0 bridgehead atoms. The molecule has 0 radical (unpaired) electrons. The lowest BCUT2D eigenvalue weighted by Crippen LogP contribution is -2.41. The summed E-state index contributed by atoms with van der Waals surface area (Å²) >= 11 is 1.29. The summed E-state index contributed by atoms with van der Waals surface area (Å²) in [7, 11) is 0. The van der Waals surface area contributed by atoms with Gasteiger partial charge in [0.2, 0.25) is 5.91 Å². The van der Waals surface area contributed by atoms with Crippen LogP contribution in [0.25, 0.3) is 10.4 Å². The van der Waals surface area contributed by atoms with Gasteiger partial charge in [0.05, 0.1) is 30.8 Å². The van der Waals surface area contributed by atoms with Crippen LogP contribution < -0.4 is 5.32 Å². The van der Waals surface area contributed by atoms with Crippen molar-refractivity contribution >= 4 is 28.2 Å². The van der Waals surface area contributed by atoms with Gasteiger partial charge in [0.15, 0.2) is 0 Å². The number of hydrogen-bond donors (Lipinski definition) is 1. The lowest BCUT2D eigenvalue weighted by Gasteiger charge is -2.27. The van der Waals surface area contributed by atoms with Crippen LogP contribution in [0.4, 0.5) is 18.2 Å². The Balaban J connectivity index is 1.63. The Labute approximate surface area is 199 Å². The molecule has 34 heavy (non-hydrogen) atoms. The van der Waals surface area contributed by atoms with Crippen LogP contribution in [0.15, 0.2) is 54.6 Å². The highest BCUT2D eigenvalue weighted by molar-refractivity contribution is 7.20. The van der Waals surface area contributed by atoms with Crippen molar-refractivity contribution in [3.63, 3.8) is 0 Å². The summed E-state index contributed by atoms with van der Waals surface area (Å²) < 4.78 is 44.4. The zero-order valence-electron chi connectivity index (χ0n) is 18.4. The lowest BCUT2D eigenvalue weighted by atomic mass is 10.1. The molecule has 0 aliphatic carbocycles. The van der Waals surface area contributed by atoms with E-state index in [1.54, 1.807) is 4.90 Å². The zero-order chi connectivity index (χ0) is 24.3. The highest BCUT2D eigenvalue weighted by Gasteiger charge is 2.31. The number of rotatable bonds is 5. The van der Waals surface area contributed by atoms with Gasteiger partial charge >= 0.3 is 6.18 Å². The van der Waals surface area contributed by atoms with Crippen molar-refractivity contribution in [3.8, 4) is 10.4 Å². The van der Waals surface area contributed by atoms with Crippen molar-refractivity contribution in [3.05, 3.63) is 76.9 Å². The molecule has 2 amide bonds. The summed E-state index contributed by atoms with van der Waals surface area (Å²) in [6.07, 6.45) is -4.73. The molecule has 4 rings (SSSR count). The Morgan fingerprint density at radius 3 is 2.44 bits per heavy atom. The van der Waals surface area contributed by atoms with Crippen molar-refractivity contribution in [2.24, 2.45) is 0 Å². The van der Waals surface area contributed by atoms with E-state index < -0.39 is 17.6 Å². The molecule has 1 aromatic heterocycles. The molecule has 0 spiro atoms. The van der Waals surface area contributed by atoms with Crippen molar-refractivity contribution in [1.29, 1.82) is 0 Å². The molecule has 0 saturated carbocycles. The molecular formula is C25H23F3N2O3S. The lowest BCUT2D eigenvalue weighted by molar-refractivity contribution is -0.137. The number of carbonyl (C=O) groups excluding carboxylic acids is 2. The van der Waals surface area contributed by atoms with Gasteiger partial charge in [-0.1, -0.05) is 48.5 Å². The van der Waals surface area contributed by atoms with E-state index in [1.807, 2.05) is 37.3 Å². The summed E-state index contributed by atoms with van der Waals surface area (Å²) in [4.78, 5) is 28.7. The van der Waals surface area contributed by atoms with Gasteiger partial charge in [-0.05, 0) is 29.7 Å². The topological polar surface area (TPSA) is 58.6 Å². The van der Waals surface area contributed by atoms with E-state index in [4.69, 9.17) is 4.74 Å². The highest BCUT2D eigenvalue weighted by atomic mass is 32.1. The summed E-state index contributed by atoms with van der Waals surface area (Å²) in [6, 6.07) is 14.2. The van der Waals surface area contributed by atoms with Gasteiger partial charge in [-0.15, -0.1) is 11.3 Å². The van der Waals surface area contributed by atoms with Gasteiger partial charge in [0.25, 0.3) is 5.91 Å². The number of halogens is 3. The smallest absolute Gasteiger partial charge is 0.378 e. The monoisotopic (exact) mass is 488 g/mol. The quantitative estimate of drug-likeness (QED) is 0.524. The second kappa shape index (κ2) is 9.99. The number of thiophene rings is 1. The molecule has 178 valence electrons. The minimum absolute atomic E-state index is 0.200. The van der Waals surface area contributed by atoms with Gasteiger partial charge in [-0.2, -0.15) is 13.2 Å². The first-order chi connectivity index (χ1) is 16.2. The fourth-order valence-corrected chi connectivity index (χ4v) is 5.08. The summed E-state index contributed by atoms with van der Waals surface area (Å²) in [5, 5.41) is 3.18. The molecule has 0 unspecified atom stereocenters. The van der Waals surface area contributed by atoms with Crippen molar-refractivity contribution < 1.29 is 27.5 Å². The highest BCUT2D eigenvalue weighted by Crippen LogP contribution is 2.40. The van der Waals surface area contributed by atoms with Gasteiger partial charge in [-0.25, -0.2) is 0 Å². The van der Waals surface area contributed by atoms with E-state index in [2.05, 4.69) is 5.32 Å². The van der Waals surface area contributed by atoms with Crippen LogP contribution in [0.5, 0.6) is 0 Å². The van der Waals surface area contributed by atoms with E-state index >= 15 is 0 Å². The number of nitrogens with zero attached hydrogens (tertiary/aromatic N) is 1. The van der Waals surface area contributed by atoms with Gasteiger partial charge < -0.3 is 15.0 Å². The Morgan fingerprint density at radius 2 is 1.76 bits per heavy atom. The number of nitrogens with one attached hydrogen (secondary N) is 1. The van der Waals surface area contributed by atoms with E-state index in [0.717, 1.165) is 28.1 Å². The first kappa shape index (κ1) is 24.0. The van der Waals surface area contributed by atoms with E-state index in [9.17, 15) is 22.8 Å². The predicted octanol–water partition coefficient (Wildman–Crippen LogP) is 5.40. The van der Waals surface area contributed by atoms with Crippen LogP contribution in [0.1, 0.15) is 27.0 Å². The minimum atomic E-state index is -4.49. The maximum atomic E-state index is 13.4. The van der Waals surface area contributed by atoms with Crippen LogP contribution in [0.3, 0.4) is 0 Å². The van der Waals surface area contributed by atoms with Crippen molar-refractivity contribution in [2.45, 2.75) is 19.5 Å². The molecule has 1 aliphatic rings. The van der Waals surface area contributed by atoms with Gasteiger partial charge in [0, 0.05) is 18.0 Å². The Morgan fingerprint density at radius 1 is 1.06 bits per heavy atom. The van der Waals surface area contributed by atoms with Crippen molar-refractivity contribution in [2.75, 3.05) is 31.6 Å². The molecule has 0 atom stereocenters. The maximum absolute atomic E-state index is 13.4. The van der Waals surface area contributed by atoms with Gasteiger partial charge in [0.1, 0.15) is 5.00 Å². The largest absolute Gasteiger partial charge is 0.416 e. The first-order valence-electron chi connectivity index (χ1n) is 10.8. The van der Waals surface area contributed by atoms with E-state index in [-0.39, 0.29) is 17.9 Å². The van der Waals surface area contributed by atoms with E-state index in [1.165, 1.54) is 23.5 Å². The van der Waals surface area contributed by atoms with Crippen LogP contribution in [0, 0.1) is 6.92 Å². The molecule has 9 heteroatoms. The molecule has 3 aromatic rings. The molecular weight excluding hydrogens is 465 g/mol. The fourth-order valence-electron chi connectivity index (χ4n) is 3.86. The summed E-state index contributed by atoms with van der Waals surface area (Å²) in [6.45, 7) is 3.63. The number of hydrogen-bond acceptors (Lipinski definition) is 4. The maximum Gasteiger partial charge on any atom is 0.416 e. The molecule has 1 fully saturated rings. The Kier molecular flexibility index (Phi) is 7.04. The average molecular weight is 489 g/mol. The minimum Gasteiger partial charge on any atom is -0.378 e. The summed E-state index contributed by atoms with van der Waals surface area (Å²) in [5.74, 6) is -0.690.